The Kier molecular flexibility index (Phi) is 4.08. The molecule has 2 atom stereocenters. The molecule has 0 spiro atoms. The summed E-state index contributed by atoms with van der Waals surface area (Å²) in [6, 6.07) is 7.91. The van der Waals surface area contributed by atoms with Gasteiger partial charge in [0, 0.05) is 9.89 Å². The maximum Gasteiger partial charge on any atom is 0.237 e. The number of anilines is 1. The summed E-state index contributed by atoms with van der Waals surface area (Å²) in [6.45, 7) is 6.03. The van der Waals surface area contributed by atoms with Crippen LogP contribution in [0.3, 0.4) is 0 Å². The van der Waals surface area contributed by atoms with E-state index in [1.165, 1.54) is 18.2 Å². The molecule has 29 heavy (non-hydrogen) atoms. The molecule has 0 saturated heterocycles. The van der Waals surface area contributed by atoms with E-state index in [1.807, 2.05) is 32.9 Å². The molecule has 1 aromatic heterocycles. The minimum atomic E-state index is -1.02. The molecule has 6 nitrogen and oxygen atoms in total. The zero-order chi connectivity index (χ0) is 21.2. The lowest BCUT2D eigenvalue weighted by molar-refractivity contribution is -0.125. The average Bonchev–Trinajstić information content (AvgIpc) is 2.98. The van der Waals surface area contributed by atoms with E-state index in [-0.39, 0.29) is 17.3 Å². The van der Waals surface area contributed by atoms with Crippen molar-refractivity contribution in [3.8, 4) is 12.1 Å². The number of carbonyl (C=O) groups excluding carboxylic acids is 1. The number of fused-ring (bicyclic) bond motifs is 5. The third kappa shape index (κ3) is 2.27. The lowest BCUT2D eigenvalue weighted by Gasteiger charge is -2.39. The van der Waals surface area contributed by atoms with Gasteiger partial charge in [0.1, 0.15) is 18.0 Å². The van der Waals surface area contributed by atoms with Crippen LogP contribution in [0.1, 0.15) is 56.4 Å². The number of nitrogens with one attached hydrogen (secondary N) is 1. The van der Waals surface area contributed by atoms with Crippen LogP contribution in [0, 0.1) is 33.9 Å². The number of hydrogen-bond donors (Lipinski definition) is 1. The van der Waals surface area contributed by atoms with Gasteiger partial charge >= 0.3 is 0 Å². The van der Waals surface area contributed by atoms with Crippen molar-refractivity contribution in [1.82, 2.24) is 9.97 Å². The Hall–Kier alpha value is -2.84. The van der Waals surface area contributed by atoms with E-state index in [2.05, 4.69) is 31.2 Å². The van der Waals surface area contributed by atoms with Crippen molar-refractivity contribution in [2.24, 2.45) is 5.41 Å². The van der Waals surface area contributed by atoms with Crippen LogP contribution in [0.25, 0.3) is 0 Å². The topological polar surface area (TPSA) is 102 Å². The minimum Gasteiger partial charge on any atom is -0.324 e. The van der Waals surface area contributed by atoms with Crippen LogP contribution in [0.5, 0.6) is 0 Å². The molecule has 0 aliphatic heterocycles. The van der Waals surface area contributed by atoms with E-state index in [4.69, 9.17) is 0 Å². The number of aromatic nitrogens is 2. The van der Waals surface area contributed by atoms with Gasteiger partial charge < -0.3 is 5.32 Å². The molecule has 1 fully saturated rings. The van der Waals surface area contributed by atoms with Crippen LogP contribution in [0.2, 0.25) is 0 Å². The van der Waals surface area contributed by atoms with Gasteiger partial charge in [-0.15, -0.1) is 0 Å². The molecule has 1 aromatic carbocycles. The Labute approximate surface area is 175 Å². The minimum absolute atomic E-state index is 0.0207. The number of hydrogen-bond acceptors (Lipinski definition) is 5. The van der Waals surface area contributed by atoms with Crippen LogP contribution >= 0.6 is 15.9 Å². The first kappa shape index (κ1) is 19.5. The first-order valence-electron chi connectivity index (χ1n) is 9.12. The zero-order valence-electron chi connectivity index (χ0n) is 16.1. The normalized spacial score (nSPS) is 25.8. The molecule has 1 N–H and O–H groups in total. The maximum absolute atomic E-state index is 13.7. The molecule has 1 amide bonds. The van der Waals surface area contributed by atoms with Gasteiger partial charge in [0.05, 0.1) is 22.5 Å². The van der Waals surface area contributed by atoms with E-state index in [0.29, 0.717) is 34.4 Å². The molecular weight excluding hydrogens is 437 g/mol. The van der Waals surface area contributed by atoms with Gasteiger partial charge in [-0.1, -0.05) is 20.8 Å². The van der Waals surface area contributed by atoms with Gasteiger partial charge in [0.15, 0.2) is 11.4 Å². The highest BCUT2D eigenvalue weighted by molar-refractivity contribution is 9.10. The second-order valence-corrected chi connectivity index (χ2v) is 9.14. The molecular formula is C21H17BrFN5O. The number of nitrogens with zero attached hydrogens (tertiary/aromatic N) is 4. The van der Waals surface area contributed by atoms with E-state index < -0.39 is 22.1 Å². The summed E-state index contributed by atoms with van der Waals surface area (Å²) >= 11 is 3.28. The van der Waals surface area contributed by atoms with Crippen LogP contribution in [-0.4, -0.2) is 15.9 Å². The predicted molar refractivity (Wildman–Crippen MR) is 106 cm³/mol. The van der Waals surface area contributed by atoms with Gasteiger partial charge in [-0.25, -0.2) is 14.4 Å². The fourth-order valence-corrected chi connectivity index (χ4v) is 5.41. The van der Waals surface area contributed by atoms with Crippen molar-refractivity contribution in [2.75, 3.05) is 5.32 Å². The summed E-state index contributed by atoms with van der Waals surface area (Å²) in [7, 11) is 0. The summed E-state index contributed by atoms with van der Waals surface area (Å²) in [5.74, 6) is -0.693. The molecule has 1 saturated carbocycles. The Morgan fingerprint density at radius 1 is 1.14 bits per heavy atom. The Bertz CT molecular complexity index is 1160. The molecule has 2 aromatic rings. The van der Waals surface area contributed by atoms with Crippen LogP contribution in [-0.2, 0) is 15.6 Å². The molecule has 2 unspecified atom stereocenters. The number of carbonyl (C=O) groups is 1. The highest BCUT2D eigenvalue weighted by Crippen LogP contribution is 2.70. The molecule has 146 valence electrons. The molecule has 0 radical (unpaired) electrons. The fourth-order valence-electron chi connectivity index (χ4n) is 4.96. The lowest BCUT2D eigenvalue weighted by atomic mass is 9.63. The monoisotopic (exact) mass is 453 g/mol. The van der Waals surface area contributed by atoms with E-state index >= 15 is 0 Å². The van der Waals surface area contributed by atoms with Crippen LogP contribution < -0.4 is 5.32 Å². The van der Waals surface area contributed by atoms with Crippen LogP contribution in [0.4, 0.5) is 10.1 Å². The molecule has 4 rings (SSSR count). The number of rotatable bonds is 2. The van der Waals surface area contributed by atoms with Crippen molar-refractivity contribution in [1.29, 1.82) is 10.5 Å². The summed E-state index contributed by atoms with van der Waals surface area (Å²) in [6.07, 6.45) is 1.25. The van der Waals surface area contributed by atoms with Crippen molar-refractivity contribution in [2.45, 2.75) is 44.4 Å². The Morgan fingerprint density at radius 3 is 2.34 bits per heavy atom. The quantitative estimate of drug-likeness (QED) is 0.737. The summed E-state index contributed by atoms with van der Waals surface area (Å²) in [5.41, 5.74) is -0.615. The van der Waals surface area contributed by atoms with Crippen molar-refractivity contribution in [3.05, 3.63) is 51.3 Å². The molecule has 2 aliphatic carbocycles. The van der Waals surface area contributed by atoms with Gasteiger partial charge in [-0.2, -0.15) is 10.5 Å². The summed E-state index contributed by atoms with van der Waals surface area (Å²) < 4.78 is 13.9. The largest absolute Gasteiger partial charge is 0.324 e. The summed E-state index contributed by atoms with van der Waals surface area (Å²) in [4.78, 5) is 22.6. The Morgan fingerprint density at radius 2 is 1.76 bits per heavy atom. The van der Waals surface area contributed by atoms with E-state index in [1.54, 1.807) is 0 Å². The van der Waals surface area contributed by atoms with Crippen molar-refractivity contribution >= 4 is 27.5 Å². The summed E-state index contributed by atoms with van der Waals surface area (Å²) in [5, 5.41) is 21.7. The molecule has 8 heteroatoms. The maximum atomic E-state index is 13.7. The van der Waals surface area contributed by atoms with Crippen LogP contribution in [0.15, 0.2) is 22.7 Å². The number of amides is 1. The highest BCUT2D eigenvalue weighted by atomic mass is 79.9. The third-order valence-corrected chi connectivity index (χ3v) is 7.70. The SMILES string of the molecule is CC12CCC(C(=O)Nc3ccc(F)cc3Br)(c3nc(C#N)c(C#N)nc31)C2(C)C. The van der Waals surface area contributed by atoms with E-state index in [0.717, 1.165) is 0 Å². The van der Waals surface area contributed by atoms with Gasteiger partial charge in [-0.05, 0) is 52.4 Å². The van der Waals surface area contributed by atoms with E-state index in [9.17, 15) is 19.7 Å². The van der Waals surface area contributed by atoms with Crippen molar-refractivity contribution in [3.63, 3.8) is 0 Å². The number of nitriles is 2. The molecule has 1 heterocycles. The second-order valence-electron chi connectivity index (χ2n) is 8.28. The lowest BCUT2D eigenvalue weighted by Crippen LogP contribution is -2.48. The standard InChI is InChI=1S/C21H17BrFN5O/c1-19(2)20(3)6-7-21(19,17-16(20)26-14(9-24)15(10-25)27-17)18(29)28-13-5-4-11(23)8-12(13)22/h4-5,8H,6-7H2,1-3H3,(H,28,29). The predicted octanol–water partition coefficient (Wildman–Crippen LogP) is 4.09. The number of benzene rings is 1. The highest BCUT2D eigenvalue weighted by Gasteiger charge is 2.73. The fraction of sp³-hybridized carbons (Fsp3) is 0.381. The zero-order valence-corrected chi connectivity index (χ0v) is 17.7. The average molecular weight is 454 g/mol. The Balaban J connectivity index is 1.90. The second kappa shape index (κ2) is 6.08. The third-order valence-electron chi connectivity index (χ3n) is 7.05. The number of halogens is 2. The smallest absolute Gasteiger partial charge is 0.237 e. The first-order chi connectivity index (χ1) is 13.6. The van der Waals surface area contributed by atoms with Crippen molar-refractivity contribution < 1.29 is 9.18 Å². The molecule has 2 bridgehead atoms. The molecule has 2 aliphatic rings. The van der Waals surface area contributed by atoms with Gasteiger partial charge in [0.25, 0.3) is 0 Å². The van der Waals surface area contributed by atoms with Gasteiger partial charge in [0.2, 0.25) is 5.91 Å². The van der Waals surface area contributed by atoms with Gasteiger partial charge in [-0.3, -0.25) is 4.79 Å². The first-order valence-corrected chi connectivity index (χ1v) is 9.91.